The molecule has 0 aliphatic rings. The van der Waals surface area contributed by atoms with Crippen LogP contribution in [0.25, 0.3) is 22.2 Å². The summed E-state index contributed by atoms with van der Waals surface area (Å²) in [6.07, 6.45) is -0.807. The molecule has 4 aromatic rings. The minimum absolute atomic E-state index is 0.0668. The Morgan fingerprint density at radius 3 is 2.53 bits per heavy atom. The van der Waals surface area contributed by atoms with Gasteiger partial charge in [-0.3, -0.25) is 14.3 Å². The van der Waals surface area contributed by atoms with Crippen LogP contribution in [0.4, 0.5) is 5.69 Å². The minimum atomic E-state index is -0.807. The van der Waals surface area contributed by atoms with Crippen LogP contribution in [-0.2, 0) is 11.8 Å². The molecule has 0 saturated heterocycles. The van der Waals surface area contributed by atoms with Gasteiger partial charge in [0.1, 0.15) is 0 Å². The van der Waals surface area contributed by atoms with E-state index in [4.69, 9.17) is 4.74 Å². The van der Waals surface area contributed by atoms with Crippen molar-refractivity contribution in [3.63, 3.8) is 0 Å². The predicted octanol–water partition coefficient (Wildman–Crippen LogP) is 4.55. The van der Waals surface area contributed by atoms with Crippen molar-refractivity contribution in [3.8, 4) is 17.0 Å². The first-order valence-electron chi connectivity index (χ1n) is 10.3. The maximum absolute atomic E-state index is 12.7. The van der Waals surface area contributed by atoms with Crippen LogP contribution in [0, 0.1) is 6.92 Å². The Labute approximate surface area is 186 Å². The van der Waals surface area contributed by atoms with Crippen molar-refractivity contribution in [2.45, 2.75) is 26.9 Å². The topological polar surface area (TPSA) is 86.1 Å². The molecule has 1 N–H and O–H groups in total. The fourth-order valence-electron chi connectivity index (χ4n) is 3.62. The fourth-order valence-corrected chi connectivity index (χ4v) is 3.62. The average Bonchev–Trinajstić information content (AvgIpc) is 3.07. The van der Waals surface area contributed by atoms with Crippen LogP contribution in [0.15, 0.2) is 60.7 Å². The molecule has 0 spiro atoms. The number of nitrogens with zero attached hydrogens (tertiary/aromatic N) is 3. The summed E-state index contributed by atoms with van der Waals surface area (Å²) >= 11 is 0. The van der Waals surface area contributed by atoms with E-state index in [1.165, 1.54) is 6.92 Å². The molecule has 0 saturated carbocycles. The summed E-state index contributed by atoms with van der Waals surface area (Å²) in [5.74, 6) is -0.0719. The molecule has 162 valence electrons. The second-order valence-corrected chi connectivity index (χ2v) is 7.67. The summed E-state index contributed by atoms with van der Waals surface area (Å²) < 4.78 is 7.64. The number of rotatable bonds is 6. The second kappa shape index (κ2) is 8.63. The Kier molecular flexibility index (Phi) is 5.73. The molecular formula is C25H24N4O3. The van der Waals surface area contributed by atoms with Crippen molar-refractivity contribution < 1.29 is 14.3 Å². The number of Topliss-reactive ketones (excluding diaryl/α,β-unsaturated/α-hetero) is 1. The maximum atomic E-state index is 12.7. The number of ether oxygens (including phenoxy) is 1. The van der Waals surface area contributed by atoms with Crippen molar-refractivity contribution in [1.29, 1.82) is 0 Å². The lowest BCUT2D eigenvalue weighted by Gasteiger charge is -2.16. The highest BCUT2D eigenvalue weighted by atomic mass is 16.5. The van der Waals surface area contributed by atoms with Gasteiger partial charge in [-0.2, -0.15) is 10.1 Å². The number of hydrogen-bond donors (Lipinski definition) is 1. The van der Waals surface area contributed by atoms with Crippen molar-refractivity contribution in [2.24, 2.45) is 7.05 Å². The second-order valence-electron chi connectivity index (χ2n) is 7.67. The number of nitrogens with one attached hydrogen (secondary N) is 1. The number of aromatic nitrogens is 3. The highest BCUT2D eigenvalue weighted by Gasteiger charge is 2.20. The zero-order chi connectivity index (χ0) is 22.8. The van der Waals surface area contributed by atoms with Gasteiger partial charge in [0.2, 0.25) is 5.88 Å². The van der Waals surface area contributed by atoms with Crippen LogP contribution in [0.1, 0.15) is 29.9 Å². The van der Waals surface area contributed by atoms with Gasteiger partial charge in [0.25, 0.3) is 5.91 Å². The van der Waals surface area contributed by atoms with Crippen LogP contribution in [0.2, 0.25) is 0 Å². The molecule has 2 aromatic heterocycles. The number of carbonyl (C=O) groups is 2. The summed E-state index contributed by atoms with van der Waals surface area (Å²) in [5.41, 5.74) is 4.57. The van der Waals surface area contributed by atoms with E-state index in [1.807, 2.05) is 50.4 Å². The number of ketones is 1. The molecule has 0 aliphatic carbocycles. The van der Waals surface area contributed by atoms with Gasteiger partial charge >= 0.3 is 0 Å². The molecule has 0 bridgehead atoms. The molecule has 0 radical (unpaired) electrons. The van der Waals surface area contributed by atoms with E-state index in [1.54, 1.807) is 35.9 Å². The molecule has 1 amide bonds. The van der Waals surface area contributed by atoms with Crippen LogP contribution in [0.5, 0.6) is 5.88 Å². The lowest BCUT2D eigenvalue weighted by Crippen LogP contribution is -2.30. The highest BCUT2D eigenvalue weighted by Crippen LogP contribution is 2.33. The molecule has 2 aromatic carbocycles. The van der Waals surface area contributed by atoms with Crippen LogP contribution in [-0.4, -0.2) is 32.6 Å². The monoisotopic (exact) mass is 428 g/mol. The lowest BCUT2D eigenvalue weighted by molar-refractivity contribution is -0.122. The smallest absolute Gasteiger partial charge is 0.265 e. The van der Waals surface area contributed by atoms with Gasteiger partial charge in [-0.15, -0.1) is 0 Å². The summed E-state index contributed by atoms with van der Waals surface area (Å²) in [4.78, 5) is 28.9. The minimum Gasteiger partial charge on any atom is -0.464 e. The summed E-state index contributed by atoms with van der Waals surface area (Å²) in [7, 11) is 1.83. The lowest BCUT2D eigenvalue weighted by atomic mass is 10.0. The third-order valence-electron chi connectivity index (χ3n) is 5.23. The number of amides is 1. The van der Waals surface area contributed by atoms with Crippen molar-refractivity contribution >= 4 is 28.4 Å². The zero-order valence-electron chi connectivity index (χ0n) is 18.4. The standard InChI is InChI=1S/C25H24N4O3/c1-15-23-21(18-9-6-5-7-10-18)14-22(27-24(23)29(4)28-15)32-17(3)25(31)26-20-12-8-11-19(13-20)16(2)30/h5-14,17H,1-4H3,(H,26,31). The third-order valence-corrected chi connectivity index (χ3v) is 5.23. The number of anilines is 1. The summed E-state index contributed by atoms with van der Waals surface area (Å²) in [6, 6.07) is 18.6. The largest absolute Gasteiger partial charge is 0.464 e. The zero-order valence-corrected chi connectivity index (χ0v) is 18.4. The molecule has 32 heavy (non-hydrogen) atoms. The SMILES string of the molecule is CC(=O)c1cccc(NC(=O)C(C)Oc2cc(-c3ccccc3)c3c(C)nn(C)c3n2)c1. The molecule has 0 aliphatic heterocycles. The predicted molar refractivity (Wildman–Crippen MR) is 124 cm³/mol. The van der Waals surface area contributed by atoms with Crippen molar-refractivity contribution in [1.82, 2.24) is 14.8 Å². The van der Waals surface area contributed by atoms with E-state index in [0.717, 1.165) is 22.2 Å². The number of pyridine rings is 1. The van der Waals surface area contributed by atoms with Crippen molar-refractivity contribution in [2.75, 3.05) is 5.32 Å². The third kappa shape index (κ3) is 4.23. The van der Waals surface area contributed by atoms with Crippen LogP contribution in [0.3, 0.4) is 0 Å². The number of benzene rings is 2. The Hall–Kier alpha value is -4.00. The molecule has 7 nitrogen and oxygen atoms in total. The van der Waals surface area contributed by atoms with E-state index < -0.39 is 6.10 Å². The van der Waals surface area contributed by atoms with Gasteiger partial charge in [-0.25, -0.2) is 0 Å². The molecule has 2 heterocycles. The maximum Gasteiger partial charge on any atom is 0.265 e. The normalized spacial score (nSPS) is 11.9. The van der Waals surface area contributed by atoms with Gasteiger partial charge < -0.3 is 10.1 Å². The quantitative estimate of drug-likeness (QED) is 0.455. The summed E-state index contributed by atoms with van der Waals surface area (Å²) in [6.45, 7) is 5.09. The van der Waals surface area contributed by atoms with E-state index in [2.05, 4.69) is 15.4 Å². The average molecular weight is 428 g/mol. The Balaban J connectivity index is 1.62. The van der Waals surface area contributed by atoms with Gasteiger partial charge in [-0.05, 0) is 44.0 Å². The highest BCUT2D eigenvalue weighted by molar-refractivity contribution is 5.98. The van der Waals surface area contributed by atoms with Crippen LogP contribution < -0.4 is 10.1 Å². The van der Waals surface area contributed by atoms with E-state index in [0.29, 0.717) is 22.8 Å². The first kappa shape index (κ1) is 21.2. The first-order chi connectivity index (χ1) is 15.3. The molecule has 1 atom stereocenters. The number of fused-ring (bicyclic) bond motifs is 1. The molecule has 7 heteroatoms. The van der Waals surface area contributed by atoms with E-state index in [-0.39, 0.29) is 11.7 Å². The van der Waals surface area contributed by atoms with Crippen LogP contribution >= 0.6 is 0 Å². The number of carbonyl (C=O) groups excluding carboxylic acids is 2. The first-order valence-corrected chi connectivity index (χ1v) is 10.3. The Morgan fingerprint density at radius 1 is 1.06 bits per heavy atom. The Morgan fingerprint density at radius 2 is 1.81 bits per heavy atom. The molecular weight excluding hydrogens is 404 g/mol. The van der Waals surface area contributed by atoms with Gasteiger partial charge in [0, 0.05) is 24.4 Å². The van der Waals surface area contributed by atoms with Crippen molar-refractivity contribution in [3.05, 3.63) is 71.9 Å². The number of aryl methyl sites for hydroxylation is 2. The molecule has 4 rings (SSSR count). The molecule has 1 unspecified atom stereocenters. The van der Waals surface area contributed by atoms with Gasteiger partial charge in [-0.1, -0.05) is 42.5 Å². The molecule has 0 fully saturated rings. The van der Waals surface area contributed by atoms with Gasteiger partial charge in [0.15, 0.2) is 17.5 Å². The fraction of sp³-hybridized carbons (Fsp3) is 0.200. The van der Waals surface area contributed by atoms with E-state index in [9.17, 15) is 9.59 Å². The summed E-state index contributed by atoms with van der Waals surface area (Å²) in [5, 5.41) is 8.24. The van der Waals surface area contributed by atoms with E-state index >= 15 is 0 Å². The number of hydrogen-bond acceptors (Lipinski definition) is 5. The Bertz CT molecular complexity index is 1310. The van der Waals surface area contributed by atoms with Gasteiger partial charge in [0.05, 0.1) is 11.1 Å².